The summed E-state index contributed by atoms with van der Waals surface area (Å²) < 4.78 is 8.69. The molecular formula is C15H21N4O3+. The Morgan fingerprint density at radius 2 is 2.36 bits per heavy atom. The van der Waals surface area contributed by atoms with Crippen LogP contribution in [-0.4, -0.2) is 40.1 Å². The molecule has 1 amide bonds. The Hall–Kier alpha value is -2.31. The zero-order valence-corrected chi connectivity index (χ0v) is 12.9. The normalized spacial score (nSPS) is 18.6. The van der Waals surface area contributed by atoms with Gasteiger partial charge in [0.15, 0.2) is 0 Å². The van der Waals surface area contributed by atoms with Crippen LogP contribution in [-0.2, 0) is 11.8 Å². The van der Waals surface area contributed by atoms with Crippen molar-refractivity contribution in [3.05, 3.63) is 34.6 Å². The first kappa shape index (κ1) is 14.6. The maximum absolute atomic E-state index is 12.2. The summed E-state index contributed by atoms with van der Waals surface area (Å²) in [7, 11) is 1.84. The summed E-state index contributed by atoms with van der Waals surface area (Å²) in [5.41, 5.74) is 1.35. The lowest BCUT2D eigenvalue weighted by Crippen LogP contribution is -2.40. The molecule has 1 atom stereocenters. The van der Waals surface area contributed by atoms with Crippen molar-refractivity contribution in [1.82, 2.24) is 14.3 Å². The molecule has 1 unspecified atom stereocenters. The fraction of sp³-hybridized carbons (Fsp3) is 0.533. The van der Waals surface area contributed by atoms with Gasteiger partial charge in [0.2, 0.25) is 0 Å². The fourth-order valence-electron chi connectivity index (χ4n) is 3.06. The molecule has 0 bridgehead atoms. The number of H-pyrrole nitrogens is 1. The van der Waals surface area contributed by atoms with E-state index < -0.39 is 0 Å². The molecule has 1 N–H and O–H groups in total. The number of nitrogens with one attached hydrogen (secondary N) is 1. The number of imidazole rings is 1. The maximum atomic E-state index is 12.2. The predicted octanol–water partition coefficient (Wildman–Crippen LogP) is 0.788. The lowest BCUT2D eigenvalue weighted by atomic mass is 9.95. The molecule has 3 heterocycles. The average molecular weight is 305 g/mol. The summed E-state index contributed by atoms with van der Waals surface area (Å²) >= 11 is 0. The van der Waals surface area contributed by atoms with Crippen LogP contribution in [0.3, 0.4) is 0 Å². The van der Waals surface area contributed by atoms with E-state index in [1.165, 1.54) is 0 Å². The van der Waals surface area contributed by atoms with Crippen molar-refractivity contribution in [3.8, 4) is 0 Å². The second-order valence-corrected chi connectivity index (χ2v) is 5.66. The summed E-state index contributed by atoms with van der Waals surface area (Å²) in [6, 6.07) is 0. The van der Waals surface area contributed by atoms with Crippen LogP contribution < -0.4 is 10.1 Å². The van der Waals surface area contributed by atoms with Gasteiger partial charge in [0, 0.05) is 19.0 Å². The molecule has 0 saturated carbocycles. The van der Waals surface area contributed by atoms with E-state index in [0.717, 1.165) is 18.5 Å². The van der Waals surface area contributed by atoms with E-state index in [1.54, 1.807) is 16.4 Å². The van der Waals surface area contributed by atoms with Gasteiger partial charge in [-0.05, 0) is 19.8 Å². The first-order chi connectivity index (χ1) is 10.6. The standard InChI is InChI=1S/C15H20N4O3/c1-3-22-15(21)19-6-4-5-11(9-19)12-10-18-8-7-17(2)14(18)13(20)16-12/h7-8,10-11H,3-6,9H2,1-2H3/p+1. The minimum atomic E-state index is -0.275. The Morgan fingerprint density at radius 3 is 3.14 bits per heavy atom. The SMILES string of the molecule is CCOC(=O)N1CCCC(c2cn3cc[n+](C)c3c(=O)[nH]2)C1. The quantitative estimate of drug-likeness (QED) is 0.834. The minimum Gasteiger partial charge on any atom is -0.450 e. The maximum Gasteiger partial charge on any atom is 0.409 e. The predicted molar refractivity (Wildman–Crippen MR) is 79.8 cm³/mol. The number of piperidine rings is 1. The highest BCUT2D eigenvalue weighted by Gasteiger charge is 2.27. The van der Waals surface area contributed by atoms with Gasteiger partial charge in [0.25, 0.3) is 0 Å². The number of fused-ring (bicyclic) bond motifs is 1. The zero-order valence-electron chi connectivity index (χ0n) is 12.9. The van der Waals surface area contributed by atoms with Gasteiger partial charge in [-0.3, -0.25) is 4.79 Å². The van der Waals surface area contributed by atoms with E-state index in [4.69, 9.17) is 4.74 Å². The lowest BCUT2D eigenvalue weighted by Gasteiger charge is -2.31. The van der Waals surface area contributed by atoms with Gasteiger partial charge in [-0.25, -0.2) is 9.36 Å². The van der Waals surface area contributed by atoms with Gasteiger partial charge in [-0.1, -0.05) is 0 Å². The Labute approximate surface area is 128 Å². The molecule has 1 aliphatic heterocycles. The smallest absolute Gasteiger partial charge is 0.409 e. The minimum absolute atomic E-state index is 0.113. The summed E-state index contributed by atoms with van der Waals surface area (Å²) in [6.45, 7) is 3.47. The van der Waals surface area contributed by atoms with Crippen LogP contribution in [0.25, 0.3) is 5.65 Å². The molecule has 1 fully saturated rings. The van der Waals surface area contributed by atoms with Gasteiger partial charge in [-0.2, -0.15) is 4.40 Å². The molecular weight excluding hydrogens is 284 g/mol. The number of rotatable bonds is 2. The molecule has 0 aliphatic carbocycles. The average Bonchev–Trinajstić information content (AvgIpc) is 2.89. The first-order valence-corrected chi connectivity index (χ1v) is 7.61. The van der Waals surface area contributed by atoms with E-state index in [1.807, 2.05) is 30.0 Å². The number of ether oxygens (including phenoxy) is 1. The van der Waals surface area contributed by atoms with Crippen molar-refractivity contribution in [2.45, 2.75) is 25.7 Å². The molecule has 0 aromatic carbocycles. The van der Waals surface area contributed by atoms with Crippen LogP contribution in [0.4, 0.5) is 4.79 Å². The van der Waals surface area contributed by atoms with E-state index in [-0.39, 0.29) is 17.6 Å². The van der Waals surface area contributed by atoms with Crippen LogP contribution in [0, 0.1) is 0 Å². The van der Waals surface area contributed by atoms with Crippen molar-refractivity contribution in [1.29, 1.82) is 0 Å². The molecule has 1 aliphatic rings. The number of hydrogen-bond donors (Lipinski definition) is 1. The fourth-order valence-corrected chi connectivity index (χ4v) is 3.06. The van der Waals surface area contributed by atoms with E-state index in [2.05, 4.69) is 4.98 Å². The molecule has 7 nitrogen and oxygen atoms in total. The van der Waals surface area contributed by atoms with Gasteiger partial charge in [0.1, 0.15) is 18.6 Å². The molecule has 1 saturated heterocycles. The number of aromatic amines is 1. The van der Waals surface area contributed by atoms with Crippen molar-refractivity contribution < 1.29 is 14.1 Å². The largest absolute Gasteiger partial charge is 0.450 e. The van der Waals surface area contributed by atoms with Crippen molar-refractivity contribution in [2.75, 3.05) is 19.7 Å². The second-order valence-electron chi connectivity index (χ2n) is 5.66. The van der Waals surface area contributed by atoms with Crippen LogP contribution in [0.15, 0.2) is 23.4 Å². The third kappa shape index (κ3) is 2.58. The van der Waals surface area contributed by atoms with E-state index in [9.17, 15) is 9.59 Å². The molecule has 22 heavy (non-hydrogen) atoms. The Bertz CT molecular complexity index is 749. The number of aryl methyl sites for hydroxylation is 1. The highest BCUT2D eigenvalue weighted by molar-refractivity contribution is 5.67. The zero-order chi connectivity index (χ0) is 15.7. The number of likely N-dealkylation sites (tertiary alicyclic amines) is 1. The third-order valence-electron chi connectivity index (χ3n) is 4.16. The van der Waals surface area contributed by atoms with Gasteiger partial charge in [-0.15, -0.1) is 0 Å². The van der Waals surface area contributed by atoms with E-state index >= 15 is 0 Å². The number of carbonyl (C=O) groups is 1. The lowest BCUT2D eigenvalue weighted by molar-refractivity contribution is -0.645. The highest BCUT2D eigenvalue weighted by Crippen LogP contribution is 2.25. The summed E-state index contributed by atoms with van der Waals surface area (Å²) in [6.07, 6.45) is 7.23. The Kier molecular flexibility index (Phi) is 3.87. The summed E-state index contributed by atoms with van der Waals surface area (Å²) in [5.74, 6) is 0.128. The Balaban J connectivity index is 1.87. The monoisotopic (exact) mass is 305 g/mol. The number of nitrogens with zero attached hydrogens (tertiary/aromatic N) is 3. The molecule has 3 rings (SSSR count). The molecule has 2 aromatic heterocycles. The van der Waals surface area contributed by atoms with Crippen LogP contribution in [0.2, 0.25) is 0 Å². The van der Waals surface area contributed by atoms with Crippen molar-refractivity contribution in [3.63, 3.8) is 0 Å². The molecule has 0 radical (unpaired) electrons. The number of carbonyl (C=O) groups excluding carboxylic acids is 1. The summed E-state index contributed by atoms with van der Waals surface area (Å²) in [4.78, 5) is 28.8. The van der Waals surface area contributed by atoms with Crippen LogP contribution in [0.5, 0.6) is 0 Å². The van der Waals surface area contributed by atoms with Crippen molar-refractivity contribution >= 4 is 11.7 Å². The highest BCUT2D eigenvalue weighted by atomic mass is 16.6. The molecule has 118 valence electrons. The summed E-state index contributed by atoms with van der Waals surface area (Å²) in [5, 5.41) is 0. The van der Waals surface area contributed by atoms with Gasteiger partial charge in [0.05, 0.1) is 19.3 Å². The topological polar surface area (TPSA) is 70.7 Å². The Morgan fingerprint density at radius 1 is 1.55 bits per heavy atom. The number of hydrogen-bond acceptors (Lipinski definition) is 3. The third-order valence-corrected chi connectivity index (χ3v) is 4.16. The first-order valence-electron chi connectivity index (χ1n) is 7.61. The number of aromatic nitrogens is 3. The van der Waals surface area contributed by atoms with Crippen LogP contribution >= 0.6 is 0 Å². The van der Waals surface area contributed by atoms with Crippen LogP contribution in [0.1, 0.15) is 31.4 Å². The molecule has 2 aromatic rings. The number of amides is 1. The van der Waals surface area contributed by atoms with Gasteiger partial charge < -0.3 is 14.6 Å². The second kappa shape index (κ2) is 5.82. The molecule has 7 heteroatoms. The van der Waals surface area contributed by atoms with Crippen molar-refractivity contribution in [2.24, 2.45) is 7.05 Å². The molecule has 0 spiro atoms. The van der Waals surface area contributed by atoms with E-state index in [0.29, 0.717) is 25.3 Å². The van der Waals surface area contributed by atoms with Gasteiger partial charge >= 0.3 is 17.3 Å².